The van der Waals surface area contributed by atoms with Crippen LogP contribution in [0.15, 0.2) is 4.52 Å². The number of nitrogens with zero attached hydrogens (tertiary/aromatic N) is 4. The highest BCUT2D eigenvalue weighted by molar-refractivity contribution is 5.76. The van der Waals surface area contributed by atoms with Gasteiger partial charge < -0.3 is 14.3 Å². The van der Waals surface area contributed by atoms with Crippen LogP contribution in [-0.4, -0.2) is 58.6 Å². The number of hydrogen-bond donors (Lipinski definition) is 0. The summed E-state index contributed by atoms with van der Waals surface area (Å²) in [6, 6.07) is 0. The molecule has 0 atom stereocenters. The van der Waals surface area contributed by atoms with Gasteiger partial charge in [-0.25, -0.2) is 0 Å². The van der Waals surface area contributed by atoms with Crippen LogP contribution in [0.4, 0.5) is 0 Å². The molecule has 0 bridgehead atoms. The topological polar surface area (TPSA) is 62.5 Å². The molecule has 0 N–H and O–H groups in total. The van der Waals surface area contributed by atoms with Crippen molar-refractivity contribution in [1.29, 1.82) is 0 Å². The van der Waals surface area contributed by atoms with E-state index < -0.39 is 0 Å². The molecule has 0 aromatic carbocycles. The maximum Gasteiger partial charge on any atom is 0.226 e. The van der Waals surface area contributed by atoms with Gasteiger partial charge >= 0.3 is 0 Å². The van der Waals surface area contributed by atoms with Crippen molar-refractivity contribution in [3.8, 4) is 0 Å². The molecular formula is C18H30N4O2. The summed E-state index contributed by atoms with van der Waals surface area (Å²) in [5, 5.41) is 3.85. The van der Waals surface area contributed by atoms with Crippen molar-refractivity contribution >= 4 is 5.91 Å². The first-order valence-corrected chi connectivity index (χ1v) is 9.43. The summed E-state index contributed by atoms with van der Waals surface area (Å²) < 4.78 is 5.21. The highest BCUT2D eigenvalue weighted by atomic mass is 16.5. The summed E-state index contributed by atoms with van der Waals surface area (Å²) in [5.41, 5.74) is 0. The van der Waals surface area contributed by atoms with Crippen molar-refractivity contribution in [2.75, 3.05) is 32.7 Å². The van der Waals surface area contributed by atoms with Crippen LogP contribution in [0.2, 0.25) is 0 Å². The average Bonchev–Trinajstić information content (AvgIpc) is 3.01. The molecule has 0 saturated carbocycles. The van der Waals surface area contributed by atoms with Gasteiger partial charge in [0.15, 0.2) is 5.82 Å². The van der Waals surface area contributed by atoms with Gasteiger partial charge in [-0.15, -0.1) is 0 Å². The van der Waals surface area contributed by atoms with E-state index in [0.717, 1.165) is 64.3 Å². The second-order valence-electron chi connectivity index (χ2n) is 7.35. The molecule has 3 heterocycles. The van der Waals surface area contributed by atoms with Gasteiger partial charge in [0.25, 0.3) is 0 Å². The summed E-state index contributed by atoms with van der Waals surface area (Å²) in [6.07, 6.45) is 6.02. The van der Waals surface area contributed by atoms with Gasteiger partial charge in [0.1, 0.15) is 0 Å². The van der Waals surface area contributed by atoms with E-state index in [1.54, 1.807) is 0 Å². The number of amides is 1. The summed E-state index contributed by atoms with van der Waals surface area (Å²) in [6.45, 7) is 9.26. The van der Waals surface area contributed by atoms with Crippen LogP contribution in [0, 0.1) is 18.8 Å². The largest absolute Gasteiger partial charge is 0.343 e. The highest BCUT2D eigenvalue weighted by Gasteiger charge is 2.27. The Morgan fingerprint density at radius 3 is 2.38 bits per heavy atom. The standard InChI is InChI=1S/C18H30N4O2/c1-3-21-8-4-16(5-9-21)13-18(23)22-10-6-15(7-11-22)12-17-19-14(2)20-24-17/h15-16H,3-13H2,1-2H3. The van der Waals surface area contributed by atoms with Crippen molar-refractivity contribution < 1.29 is 9.32 Å². The molecule has 1 amide bonds. The zero-order valence-electron chi connectivity index (χ0n) is 15.0. The zero-order chi connectivity index (χ0) is 16.9. The Kier molecular flexibility index (Phi) is 5.87. The molecule has 24 heavy (non-hydrogen) atoms. The summed E-state index contributed by atoms with van der Waals surface area (Å²) >= 11 is 0. The van der Waals surface area contributed by atoms with Crippen LogP contribution in [-0.2, 0) is 11.2 Å². The lowest BCUT2D eigenvalue weighted by Crippen LogP contribution is -2.41. The highest BCUT2D eigenvalue weighted by Crippen LogP contribution is 2.25. The smallest absolute Gasteiger partial charge is 0.226 e. The molecular weight excluding hydrogens is 304 g/mol. The zero-order valence-corrected chi connectivity index (χ0v) is 15.0. The van der Waals surface area contributed by atoms with Gasteiger partial charge in [0.2, 0.25) is 11.8 Å². The minimum absolute atomic E-state index is 0.358. The third kappa shape index (κ3) is 4.56. The lowest BCUT2D eigenvalue weighted by Gasteiger charge is -2.34. The van der Waals surface area contributed by atoms with E-state index in [1.165, 1.54) is 12.8 Å². The maximum absolute atomic E-state index is 12.6. The Morgan fingerprint density at radius 2 is 1.79 bits per heavy atom. The molecule has 6 heteroatoms. The number of aromatic nitrogens is 2. The number of carbonyl (C=O) groups is 1. The number of carbonyl (C=O) groups excluding carboxylic acids is 1. The third-order valence-corrected chi connectivity index (χ3v) is 5.62. The van der Waals surface area contributed by atoms with Crippen molar-refractivity contribution in [2.45, 2.75) is 52.4 Å². The van der Waals surface area contributed by atoms with Crippen LogP contribution in [0.3, 0.4) is 0 Å². The fourth-order valence-electron chi connectivity index (χ4n) is 3.94. The van der Waals surface area contributed by atoms with E-state index >= 15 is 0 Å². The monoisotopic (exact) mass is 334 g/mol. The molecule has 2 aliphatic rings. The maximum atomic E-state index is 12.6. The molecule has 2 fully saturated rings. The molecule has 1 aromatic heterocycles. The number of aryl methyl sites for hydroxylation is 1. The predicted octanol–water partition coefficient (Wildman–Crippen LogP) is 2.28. The fourth-order valence-corrected chi connectivity index (χ4v) is 3.94. The van der Waals surface area contributed by atoms with Crippen LogP contribution >= 0.6 is 0 Å². The molecule has 1 aromatic rings. The molecule has 0 aliphatic carbocycles. The lowest BCUT2D eigenvalue weighted by molar-refractivity contribution is -0.134. The van der Waals surface area contributed by atoms with E-state index in [9.17, 15) is 4.79 Å². The van der Waals surface area contributed by atoms with Crippen molar-refractivity contribution in [3.05, 3.63) is 11.7 Å². The number of piperidine rings is 2. The van der Waals surface area contributed by atoms with Crippen molar-refractivity contribution in [3.63, 3.8) is 0 Å². The Labute approximate surface area is 144 Å². The molecule has 134 valence electrons. The molecule has 2 saturated heterocycles. The van der Waals surface area contributed by atoms with E-state index in [0.29, 0.717) is 23.6 Å². The average molecular weight is 334 g/mol. The Bertz CT molecular complexity index is 529. The van der Waals surface area contributed by atoms with Crippen molar-refractivity contribution in [1.82, 2.24) is 19.9 Å². The predicted molar refractivity (Wildman–Crippen MR) is 91.5 cm³/mol. The third-order valence-electron chi connectivity index (χ3n) is 5.62. The van der Waals surface area contributed by atoms with Crippen LogP contribution in [0.1, 0.15) is 50.7 Å². The van der Waals surface area contributed by atoms with Gasteiger partial charge in [-0.2, -0.15) is 4.98 Å². The van der Waals surface area contributed by atoms with Crippen molar-refractivity contribution in [2.24, 2.45) is 11.8 Å². The summed E-state index contributed by atoms with van der Waals surface area (Å²) in [7, 11) is 0. The van der Waals surface area contributed by atoms with E-state index in [1.807, 2.05) is 6.92 Å². The molecule has 0 radical (unpaired) electrons. The summed E-state index contributed by atoms with van der Waals surface area (Å²) in [5.74, 6) is 2.94. The normalized spacial score (nSPS) is 21.3. The van der Waals surface area contributed by atoms with Gasteiger partial charge in [0.05, 0.1) is 0 Å². The van der Waals surface area contributed by atoms with E-state index in [-0.39, 0.29) is 0 Å². The Balaban J connectivity index is 1.39. The first-order valence-electron chi connectivity index (χ1n) is 9.43. The quantitative estimate of drug-likeness (QED) is 0.827. The minimum atomic E-state index is 0.358. The minimum Gasteiger partial charge on any atom is -0.343 e. The molecule has 0 spiro atoms. The van der Waals surface area contributed by atoms with Crippen LogP contribution in [0.5, 0.6) is 0 Å². The SMILES string of the molecule is CCN1CCC(CC(=O)N2CCC(Cc3nc(C)no3)CC2)CC1. The van der Waals surface area contributed by atoms with E-state index in [4.69, 9.17) is 4.52 Å². The molecule has 3 rings (SSSR count). The number of rotatable bonds is 5. The van der Waals surface area contributed by atoms with Crippen LogP contribution in [0.25, 0.3) is 0 Å². The Morgan fingerprint density at radius 1 is 1.12 bits per heavy atom. The fraction of sp³-hybridized carbons (Fsp3) is 0.833. The first-order chi connectivity index (χ1) is 11.6. The van der Waals surface area contributed by atoms with E-state index in [2.05, 4.69) is 26.9 Å². The second kappa shape index (κ2) is 8.10. The Hall–Kier alpha value is -1.43. The second-order valence-corrected chi connectivity index (χ2v) is 7.35. The van der Waals surface area contributed by atoms with Crippen LogP contribution < -0.4 is 0 Å². The molecule has 0 unspecified atom stereocenters. The first kappa shape index (κ1) is 17.4. The summed E-state index contributed by atoms with van der Waals surface area (Å²) in [4.78, 5) is 21.4. The van der Waals surface area contributed by atoms with Gasteiger partial charge in [-0.1, -0.05) is 12.1 Å². The van der Waals surface area contributed by atoms with Gasteiger partial charge in [-0.3, -0.25) is 4.79 Å². The van der Waals surface area contributed by atoms with Gasteiger partial charge in [-0.05, 0) is 64.1 Å². The van der Waals surface area contributed by atoms with Gasteiger partial charge in [0, 0.05) is 25.9 Å². The molecule has 2 aliphatic heterocycles. The lowest BCUT2D eigenvalue weighted by atomic mass is 9.90. The molecule has 6 nitrogen and oxygen atoms in total. The number of likely N-dealkylation sites (tertiary alicyclic amines) is 2. The number of hydrogen-bond acceptors (Lipinski definition) is 5.